The molecule has 1 aromatic rings. The average Bonchev–Trinajstić information content (AvgIpc) is 2.57. The van der Waals surface area contributed by atoms with Crippen LogP contribution in [0.3, 0.4) is 0 Å². The molecule has 1 N–H and O–H groups in total. The van der Waals surface area contributed by atoms with Crippen LogP contribution in [0.4, 0.5) is 0 Å². The van der Waals surface area contributed by atoms with E-state index in [1.54, 1.807) is 24.3 Å². The summed E-state index contributed by atoms with van der Waals surface area (Å²) in [7, 11) is 0. The summed E-state index contributed by atoms with van der Waals surface area (Å²) in [6.07, 6.45) is 1.95. The number of halogens is 1. The molecule has 0 unspecified atom stereocenters. The van der Waals surface area contributed by atoms with E-state index >= 15 is 0 Å². The van der Waals surface area contributed by atoms with Crippen LogP contribution in [0.1, 0.15) is 24.8 Å². The molecule has 1 amide bonds. The lowest BCUT2D eigenvalue weighted by Crippen LogP contribution is -2.36. The SMILES string of the molecule is O=C(O)CN(Cc1ccc(Cl)cc1)C(=O)CCOC1CCOCC1. The van der Waals surface area contributed by atoms with Gasteiger partial charge in [-0.1, -0.05) is 23.7 Å². The fraction of sp³-hybridized carbons (Fsp3) is 0.529. The van der Waals surface area contributed by atoms with Crippen LogP contribution in [0.15, 0.2) is 24.3 Å². The first-order chi connectivity index (χ1) is 11.5. The zero-order chi connectivity index (χ0) is 17.4. The maximum absolute atomic E-state index is 12.3. The van der Waals surface area contributed by atoms with Crippen LogP contribution in [0.25, 0.3) is 0 Å². The minimum absolute atomic E-state index is 0.121. The summed E-state index contributed by atoms with van der Waals surface area (Å²) in [6, 6.07) is 7.00. The van der Waals surface area contributed by atoms with Crippen molar-refractivity contribution < 1.29 is 24.2 Å². The van der Waals surface area contributed by atoms with Crippen molar-refractivity contribution >= 4 is 23.5 Å². The highest BCUT2D eigenvalue weighted by Gasteiger charge is 2.19. The van der Waals surface area contributed by atoms with Gasteiger partial charge in [-0.25, -0.2) is 0 Å². The molecule has 0 aromatic heterocycles. The first-order valence-corrected chi connectivity index (χ1v) is 8.36. The second-order valence-corrected chi connectivity index (χ2v) is 6.14. The first-order valence-electron chi connectivity index (χ1n) is 7.98. The molecule has 0 spiro atoms. The van der Waals surface area contributed by atoms with Crippen LogP contribution >= 0.6 is 11.6 Å². The quantitative estimate of drug-likeness (QED) is 0.774. The van der Waals surface area contributed by atoms with Gasteiger partial charge in [0.25, 0.3) is 0 Å². The largest absolute Gasteiger partial charge is 0.480 e. The zero-order valence-electron chi connectivity index (χ0n) is 13.4. The van der Waals surface area contributed by atoms with Gasteiger partial charge in [0.05, 0.1) is 19.1 Å². The van der Waals surface area contributed by atoms with Crippen LogP contribution in [-0.4, -0.2) is 54.4 Å². The molecule has 0 saturated carbocycles. The molecule has 1 fully saturated rings. The lowest BCUT2D eigenvalue weighted by molar-refractivity contribution is -0.145. The van der Waals surface area contributed by atoms with Crippen LogP contribution in [0.2, 0.25) is 5.02 Å². The van der Waals surface area contributed by atoms with E-state index in [1.165, 1.54) is 4.90 Å². The topological polar surface area (TPSA) is 76.1 Å². The first kappa shape index (κ1) is 18.7. The number of amides is 1. The summed E-state index contributed by atoms with van der Waals surface area (Å²) >= 11 is 5.84. The number of aliphatic carboxylic acids is 1. The van der Waals surface area contributed by atoms with Crippen LogP contribution in [0.5, 0.6) is 0 Å². The van der Waals surface area contributed by atoms with Crippen molar-refractivity contribution in [3.63, 3.8) is 0 Å². The Labute approximate surface area is 146 Å². The van der Waals surface area contributed by atoms with E-state index in [0.717, 1.165) is 18.4 Å². The van der Waals surface area contributed by atoms with E-state index in [4.69, 9.17) is 26.2 Å². The number of rotatable bonds is 8. The monoisotopic (exact) mass is 355 g/mol. The van der Waals surface area contributed by atoms with Crippen molar-refractivity contribution in [3.8, 4) is 0 Å². The van der Waals surface area contributed by atoms with Crippen molar-refractivity contribution in [3.05, 3.63) is 34.9 Å². The van der Waals surface area contributed by atoms with Gasteiger partial charge in [-0.2, -0.15) is 0 Å². The molecule has 0 aliphatic carbocycles. The predicted octanol–water partition coefficient (Wildman–Crippen LogP) is 2.34. The lowest BCUT2D eigenvalue weighted by Gasteiger charge is -2.24. The summed E-state index contributed by atoms with van der Waals surface area (Å²) in [5.41, 5.74) is 0.833. The molecular weight excluding hydrogens is 334 g/mol. The standard InChI is InChI=1S/C17H22ClNO5/c18-14-3-1-13(2-4-14)11-19(12-17(21)22)16(20)7-10-24-15-5-8-23-9-6-15/h1-4,15H,5-12H2,(H,21,22). The van der Waals surface area contributed by atoms with Gasteiger partial charge in [0, 0.05) is 24.8 Å². The highest BCUT2D eigenvalue weighted by Crippen LogP contribution is 2.13. The highest BCUT2D eigenvalue weighted by molar-refractivity contribution is 6.30. The number of ether oxygens (including phenoxy) is 2. The van der Waals surface area contributed by atoms with E-state index in [1.807, 2.05) is 0 Å². The fourth-order valence-corrected chi connectivity index (χ4v) is 2.65. The second-order valence-electron chi connectivity index (χ2n) is 5.70. The Kier molecular flexibility index (Phi) is 7.49. The third-order valence-electron chi connectivity index (χ3n) is 3.80. The van der Waals surface area contributed by atoms with E-state index in [-0.39, 0.29) is 31.5 Å². The molecule has 6 nitrogen and oxygen atoms in total. The molecule has 1 aliphatic rings. The van der Waals surface area contributed by atoms with Gasteiger partial charge < -0.3 is 19.5 Å². The predicted molar refractivity (Wildman–Crippen MR) is 88.9 cm³/mol. The van der Waals surface area contributed by atoms with E-state index in [9.17, 15) is 9.59 Å². The number of carbonyl (C=O) groups is 2. The molecule has 132 valence electrons. The Balaban J connectivity index is 1.84. The Hall–Kier alpha value is -1.63. The molecule has 1 aliphatic heterocycles. The lowest BCUT2D eigenvalue weighted by atomic mass is 10.1. The summed E-state index contributed by atoms with van der Waals surface area (Å²) in [4.78, 5) is 24.7. The molecule has 7 heteroatoms. The van der Waals surface area contributed by atoms with E-state index in [0.29, 0.717) is 24.8 Å². The molecule has 2 rings (SSSR count). The minimum Gasteiger partial charge on any atom is -0.480 e. The van der Waals surface area contributed by atoms with Gasteiger partial charge in [-0.05, 0) is 30.5 Å². The molecule has 24 heavy (non-hydrogen) atoms. The van der Waals surface area contributed by atoms with Crippen molar-refractivity contribution in [2.75, 3.05) is 26.4 Å². The Morgan fingerprint density at radius 2 is 1.92 bits per heavy atom. The average molecular weight is 356 g/mol. The molecule has 1 aromatic carbocycles. The molecule has 1 saturated heterocycles. The number of nitrogens with zero attached hydrogens (tertiary/aromatic N) is 1. The van der Waals surface area contributed by atoms with Gasteiger partial charge in [0.2, 0.25) is 5.91 Å². The van der Waals surface area contributed by atoms with Gasteiger partial charge >= 0.3 is 5.97 Å². The number of benzene rings is 1. The number of hydrogen-bond acceptors (Lipinski definition) is 4. The number of carbonyl (C=O) groups excluding carboxylic acids is 1. The smallest absolute Gasteiger partial charge is 0.323 e. The van der Waals surface area contributed by atoms with Gasteiger partial charge in [0.15, 0.2) is 0 Å². The van der Waals surface area contributed by atoms with Crippen molar-refractivity contribution in [2.45, 2.75) is 31.9 Å². The van der Waals surface area contributed by atoms with Gasteiger partial charge in [0.1, 0.15) is 6.54 Å². The van der Waals surface area contributed by atoms with Crippen molar-refractivity contribution in [1.82, 2.24) is 4.90 Å². The number of carboxylic acid groups (broad SMARTS) is 1. The van der Waals surface area contributed by atoms with Gasteiger partial charge in [-0.3, -0.25) is 9.59 Å². The maximum atomic E-state index is 12.3. The summed E-state index contributed by atoms with van der Waals surface area (Å²) in [5.74, 6) is -1.28. The highest BCUT2D eigenvalue weighted by atomic mass is 35.5. The fourth-order valence-electron chi connectivity index (χ4n) is 2.52. The molecule has 0 atom stereocenters. The molecular formula is C17H22ClNO5. The van der Waals surface area contributed by atoms with Crippen LogP contribution in [0, 0.1) is 0 Å². The van der Waals surface area contributed by atoms with Crippen molar-refractivity contribution in [2.24, 2.45) is 0 Å². The Morgan fingerprint density at radius 3 is 2.54 bits per heavy atom. The number of carboxylic acids is 1. The summed E-state index contributed by atoms with van der Waals surface area (Å²) in [5, 5.41) is 9.62. The minimum atomic E-state index is -1.04. The third kappa shape index (κ3) is 6.47. The third-order valence-corrected chi connectivity index (χ3v) is 4.06. The normalized spacial score (nSPS) is 15.2. The second kappa shape index (κ2) is 9.61. The number of hydrogen-bond donors (Lipinski definition) is 1. The zero-order valence-corrected chi connectivity index (χ0v) is 14.2. The van der Waals surface area contributed by atoms with Crippen molar-refractivity contribution in [1.29, 1.82) is 0 Å². The van der Waals surface area contributed by atoms with E-state index < -0.39 is 5.97 Å². The molecule has 0 bridgehead atoms. The van der Waals surface area contributed by atoms with Gasteiger partial charge in [-0.15, -0.1) is 0 Å². The maximum Gasteiger partial charge on any atom is 0.323 e. The van der Waals surface area contributed by atoms with Crippen LogP contribution in [-0.2, 0) is 25.6 Å². The van der Waals surface area contributed by atoms with E-state index in [2.05, 4.69) is 0 Å². The van der Waals surface area contributed by atoms with Crippen LogP contribution < -0.4 is 0 Å². The molecule has 0 radical (unpaired) electrons. The Bertz CT molecular complexity index is 542. The summed E-state index contributed by atoms with van der Waals surface area (Å²) < 4.78 is 10.9. The molecule has 1 heterocycles. The summed E-state index contributed by atoms with van der Waals surface area (Å²) in [6.45, 7) is 1.55. The Morgan fingerprint density at radius 1 is 1.25 bits per heavy atom.